The number of carbonyl (C=O) groups excluding carboxylic acids is 1. The van der Waals surface area contributed by atoms with Gasteiger partial charge in [-0.05, 0) is 61.2 Å². The molecule has 2 fully saturated rings. The van der Waals surface area contributed by atoms with E-state index in [0.717, 1.165) is 70.8 Å². The van der Waals surface area contributed by atoms with Crippen LogP contribution in [0.2, 0.25) is 0 Å². The number of amides is 1. The largest absolute Gasteiger partial charge is 0.376 e. The Kier molecular flexibility index (Phi) is 12.3. The molecule has 2 aliphatic heterocycles. The Labute approximate surface area is 289 Å². The van der Waals surface area contributed by atoms with Crippen molar-refractivity contribution < 1.29 is 9.53 Å². The molecule has 2 aliphatic rings. The summed E-state index contributed by atoms with van der Waals surface area (Å²) in [5.74, 6) is 2.32. The summed E-state index contributed by atoms with van der Waals surface area (Å²) in [6.07, 6.45) is 8.09. The zero-order valence-electron chi connectivity index (χ0n) is 29.3. The Morgan fingerprint density at radius 2 is 2.02 bits per heavy atom. The van der Waals surface area contributed by atoms with Crippen LogP contribution in [-0.4, -0.2) is 92.6 Å². The van der Waals surface area contributed by atoms with Gasteiger partial charge in [-0.3, -0.25) is 20.1 Å². The van der Waals surface area contributed by atoms with E-state index in [0.29, 0.717) is 31.6 Å². The van der Waals surface area contributed by atoms with Crippen molar-refractivity contribution in [3.8, 4) is 11.3 Å². The van der Waals surface area contributed by atoms with Gasteiger partial charge in [0.25, 0.3) is 0 Å². The maximum atomic E-state index is 12.5. The summed E-state index contributed by atoms with van der Waals surface area (Å²) >= 11 is 0. The first-order chi connectivity index (χ1) is 23.7. The van der Waals surface area contributed by atoms with Crippen LogP contribution >= 0.6 is 0 Å². The molecule has 258 valence electrons. The number of benzene rings is 2. The molecule has 1 amide bonds. The quantitative estimate of drug-likeness (QED) is 0.206. The van der Waals surface area contributed by atoms with Crippen LogP contribution in [0.25, 0.3) is 22.0 Å². The lowest BCUT2D eigenvalue weighted by molar-refractivity contribution is -0.111. The van der Waals surface area contributed by atoms with Crippen LogP contribution in [0.4, 0.5) is 5.69 Å². The van der Waals surface area contributed by atoms with E-state index in [1.807, 2.05) is 85.7 Å². The highest BCUT2D eigenvalue weighted by molar-refractivity contribution is 6.04. The molecule has 1 aromatic heterocycles. The molecule has 4 N–H and O–H groups in total. The Hall–Kier alpha value is -4.84. The van der Waals surface area contributed by atoms with Crippen molar-refractivity contribution in [2.75, 3.05) is 59.2 Å². The zero-order chi connectivity index (χ0) is 34.8. The number of pyridine rings is 1. The fourth-order valence-corrected chi connectivity index (χ4v) is 5.82. The highest BCUT2D eigenvalue weighted by atomic mass is 16.5. The van der Waals surface area contributed by atoms with Crippen molar-refractivity contribution >= 4 is 34.3 Å². The summed E-state index contributed by atoms with van der Waals surface area (Å²) in [4.78, 5) is 31.2. The third kappa shape index (κ3) is 9.41. The van der Waals surface area contributed by atoms with Crippen molar-refractivity contribution in [3.63, 3.8) is 0 Å². The van der Waals surface area contributed by atoms with Gasteiger partial charge in [0, 0.05) is 62.1 Å². The Balaban J connectivity index is 1.40. The average molecular weight is 664 g/mol. The minimum absolute atomic E-state index is 0.159. The maximum Gasteiger partial charge on any atom is 0.248 e. The molecule has 1 unspecified atom stereocenters. The second-order valence-corrected chi connectivity index (χ2v) is 12.7. The molecule has 11 nitrogen and oxygen atoms in total. The first-order valence-electron chi connectivity index (χ1n) is 16.9. The Morgan fingerprint density at radius 3 is 2.78 bits per heavy atom. The second kappa shape index (κ2) is 17.0. The standard InChI is InChI=1S/C38H49N9O2/c1-7-31(26(2)3)36-44-37(41-19-17-30-25-39-20-22-49-30)45-38(47(36)6)42-24-28-11-8-9-12-32(28)35-33-15-14-29(23-27(33)16-18-40-35)43-34(48)13-10-21-46(4)5/h7-16,18,23,26,30,39H,1,17,19-22,24-25H2,2-6H3,(H,43,48)(H2,41,42,44,45)/b13-10+,36-31+. The topological polar surface area (TPSA) is 119 Å². The van der Waals surface area contributed by atoms with Crippen molar-refractivity contribution in [2.24, 2.45) is 15.9 Å². The van der Waals surface area contributed by atoms with Crippen molar-refractivity contribution in [2.45, 2.75) is 32.9 Å². The monoisotopic (exact) mass is 663 g/mol. The normalized spacial score (nSPS) is 19.5. The van der Waals surface area contributed by atoms with Gasteiger partial charge < -0.3 is 30.5 Å². The van der Waals surface area contributed by atoms with Gasteiger partial charge >= 0.3 is 0 Å². The summed E-state index contributed by atoms with van der Waals surface area (Å²) in [5.41, 5.74) is 4.70. The molecule has 2 aromatic carbocycles. The van der Waals surface area contributed by atoms with Gasteiger partial charge in [-0.2, -0.15) is 0 Å². The summed E-state index contributed by atoms with van der Waals surface area (Å²) in [6.45, 7) is 12.6. The molecule has 11 heteroatoms. The second-order valence-electron chi connectivity index (χ2n) is 12.7. The van der Waals surface area contributed by atoms with Crippen LogP contribution in [-0.2, 0) is 16.1 Å². The highest BCUT2D eigenvalue weighted by Gasteiger charge is 2.25. The highest BCUT2D eigenvalue weighted by Crippen LogP contribution is 2.31. The van der Waals surface area contributed by atoms with Gasteiger partial charge in [-0.1, -0.05) is 62.9 Å². The van der Waals surface area contributed by atoms with Gasteiger partial charge in [0.2, 0.25) is 17.8 Å². The van der Waals surface area contributed by atoms with E-state index in [1.54, 1.807) is 6.08 Å². The van der Waals surface area contributed by atoms with E-state index in [1.165, 1.54) is 0 Å². The van der Waals surface area contributed by atoms with Crippen molar-refractivity contribution in [1.82, 2.24) is 30.7 Å². The minimum Gasteiger partial charge on any atom is -0.376 e. The molecule has 1 atom stereocenters. The number of hydrogen-bond donors (Lipinski definition) is 4. The molecule has 3 aromatic rings. The number of fused-ring (bicyclic) bond motifs is 1. The van der Waals surface area contributed by atoms with Gasteiger partial charge in [0.05, 0.1) is 24.9 Å². The number of anilines is 1. The molecule has 0 bridgehead atoms. The number of guanidine groups is 2. The fraction of sp³-hybridized carbons (Fsp3) is 0.368. The zero-order valence-corrected chi connectivity index (χ0v) is 29.3. The van der Waals surface area contributed by atoms with Crippen molar-refractivity contribution in [1.29, 1.82) is 0 Å². The molecule has 0 radical (unpaired) electrons. The maximum absolute atomic E-state index is 12.5. The lowest BCUT2D eigenvalue weighted by Crippen LogP contribution is -2.56. The van der Waals surface area contributed by atoms with Crippen LogP contribution in [0.3, 0.4) is 0 Å². The Morgan fingerprint density at radius 1 is 1.18 bits per heavy atom. The number of nitrogens with one attached hydrogen (secondary N) is 4. The predicted octanol–water partition coefficient (Wildman–Crippen LogP) is 4.73. The van der Waals surface area contributed by atoms with Gasteiger partial charge in [-0.25, -0.2) is 4.99 Å². The van der Waals surface area contributed by atoms with E-state index in [9.17, 15) is 4.79 Å². The van der Waals surface area contributed by atoms with Gasteiger partial charge in [0.15, 0.2) is 0 Å². The van der Waals surface area contributed by atoms with Crippen LogP contribution in [0, 0.1) is 5.92 Å². The predicted molar refractivity (Wildman–Crippen MR) is 200 cm³/mol. The summed E-state index contributed by atoms with van der Waals surface area (Å²) in [6, 6.07) is 16.1. The number of likely N-dealkylation sites (N-methyl/N-ethyl adjacent to an activating group) is 1. The molecule has 0 aliphatic carbocycles. The lowest BCUT2D eigenvalue weighted by Gasteiger charge is -2.34. The lowest BCUT2D eigenvalue weighted by atomic mass is 9.99. The van der Waals surface area contributed by atoms with Crippen LogP contribution in [0.1, 0.15) is 25.8 Å². The molecular formula is C38H49N9O2. The van der Waals surface area contributed by atoms with Crippen LogP contribution < -0.4 is 21.3 Å². The Bertz CT molecular complexity index is 1750. The number of rotatable bonds is 12. The molecule has 49 heavy (non-hydrogen) atoms. The van der Waals surface area contributed by atoms with Crippen LogP contribution in [0.15, 0.2) is 101 Å². The van der Waals surface area contributed by atoms with E-state index >= 15 is 0 Å². The molecule has 2 saturated heterocycles. The summed E-state index contributed by atoms with van der Waals surface area (Å²) < 4.78 is 5.86. The number of carbonyl (C=O) groups is 1. The number of aromatic nitrogens is 1. The number of allylic oxidation sites excluding steroid dienone is 2. The van der Waals surface area contributed by atoms with Gasteiger partial charge in [-0.15, -0.1) is 0 Å². The molecule has 0 saturated carbocycles. The third-order valence-electron chi connectivity index (χ3n) is 8.40. The molecule has 3 heterocycles. The van der Waals surface area contributed by atoms with E-state index in [2.05, 4.69) is 53.8 Å². The van der Waals surface area contributed by atoms with E-state index in [4.69, 9.17) is 19.7 Å². The van der Waals surface area contributed by atoms with Crippen molar-refractivity contribution in [3.05, 3.63) is 96.5 Å². The van der Waals surface area contributed by atoms with E-state index in [-0.39, 0.29) is 17.9 Å². The van der Waals surface area contributed by atoms with Crippen LogP contribution in [0.5, 0.6) is 0 Å². The minimum atomic E-state index is -0.160. The summed E-state index contributed by atoms with van der Waals surface area (Å²) in [5, 5.41) is 15.2. The number of morpholine rings is 1. The SMILES string of the molecule is C=C/C(=C1/NC(=NCCC2CNCCO2)NC(=NCc2ccccc2-c2nccc3cc(NC(=O)/C=C/CN(C)C)ccc23)N1C)C(C)C. The summed E-state index contributed by atoms with van der Waals surface area (Å²) in [7, 11) is 5.92. The molecule has 5 rings (SSSR count). The number of ether oxygens (including phenoxy) is 1. The first kappa shape index (κ1) is 35.5. The number of nitrogens with zero attached hydrogens (tertiary/aromatic N) is 5. The molecule has 0 spiro atoms. The smallest absolute Gasteiger partial charge is 0.248 e. The fourth-order valence-electron chi connectivity index (χ4n) is 5.82. The third-order valence-corrected chi connectivity index (χ3v) is 8.40. The average Bonchev–Trinajstić information content (AvgIpc) is 3.09. The number of hydrogen-bond acceptors (Lipinski definition) is 7. The van der Waals surface area contributed by atoms with E-state index < -0.39 is 0 Å². The first-order valence-corrected chi connectivity index (χ1v) is 16.9. The number of aliphatic imine (C=N–C) groups is 2. The molecular weight excluding hydrogens is 614 g/mol. The van der Waals surface area contributed by atoms with Gasteiger partial charge in [0.1, 0.15) is 5.82 Å².